The molecule has 6 heteroatoms. The number of nitrogens with zero attached hydrogens (tertiary/aromatic N) is 3. The fourth-order valence-electron chi connectivity index (χ4n) is 1.40. The Kier molecular flexibility index (Phi) is 3.43. The van der Waals surface area contributed by atoms with Crippen molar-refractivity contribution in [2.45, 2.75) is 13.1 Å². The molecule has 2 rings (SSSR count). The molecule has 0 aliphatic rings. The Morgan fingerprint density at radius 2 is 2.12 bits per heavy atom. The molecule has 2 N–H and O–H groups in total. The Bertz CT molecular complexity index is 495. The van der Waals surface area contributed by atoms with Crippen LogP contribution in [0.4, 0.5) is 0 Å². The molecule has 1 aromatic carbocycles. The van der Waals surface area contributed by atoms with E-state index in [0.717, 1.165) is 11.4 Å². The fourth-order valence-corrected chi connectivity index (χ4v) is 1.78. The van der Waals surface area contributed by atoms with Crippen LogP contribution >= 0.6 is 23.2 Å². The minimum Gasteiger partial charge on any atom is -0.324 e. The van der Waals surface area contributed by atoms with Crippen LogP contribution < -0.4 is 5.73 Å². The van der Waals surface area contributed by atoms with E-state index >= 15 is 0 Å². The van der Waals surface area contributed by atoms with E-state index in [9.17, 15) is 0 Å². The third-order valence-electron chi connectivity index (χ3n) is 2.21. The lowest BCUT2D eigenvalue weighted by Crippen LogP contribution is -2.11. The normalized spacial score (nSPS) is 10.7. The zero-order valence-electron chi connectivity index (χ0n) is 8.40. The molecule has 1 aromatic heterocycles. The largest absolute Gasteiger partial charge is 0.324 e. The van der Waals surface area contributed by atoms with Gasteiger partial charge in [0, 0.05) is 10.0 Å². The van der Waals surface area contributed by atoms with Crippen LogP contribution in [-0.2, 0) is 13.1 Å². The highest BCUT2D eigenvalue weighted by Crippen LogP contribution is 2.21. The maximum Gasteiger partial charge on any atom is 0.140 e. The summed E-state index contributed by atoms with van der Waals surface area (Å²) >= 11 is 12.0. The first-order chi connectivity index (χ1) is 7.70. The maximum absolute atomic E-state index is 6.06. The Morgan fingerprint density at radius 1 is 1.31 bits per heavy atom. The molecule has 0 spiro atoms. The quantitative estimate of drug-likeness (QED) is 0.915. The van der Waals surface area contributed by atoms with Gasteiger partial charge in [-0.3, -0.25) is 0 Å². The number of hydrogen-bond acceptors (Lipinski definition) is 3. The minimum absolute atomic E-state index is 0.345. The second-order valence-electron chi connectivity index (χ2n) is 3.27. The van der Waals surface area contributed by atoms with Crippen LogP contribution in [0.5, 0.6) is 0 Å². The van der Waals surface area contributed by atoms with Crippen LogP contribution in [0.2, 0.25) is 10.0 Å². The van der Waals surface area contributed by atoms with Crippen LogP contribution in [0.1, 0.15) is 11.4 Å². The highest BCUT2D eigenvalue weighted by atomic mass is 35.5. The fraction of sp³-hybridized carbons (Fsp3) is 0.200. The van der Waals surface area contributed by atoms with Gasteiger partial charge < -0.3 is 5.73 Å². The highest BCUT2D eigenvalue weighted by molar-refractivity contribution is 6.33. The molecule has 0 fully saturated rings. The summed E-state index contributed by atoms with van der Waals surface area (Å²) in [5, 5.41) is 5.38. The van der Waals surface area contributed by atoms with E-state index in [1.807, 2.05) is 6.07 Å². The van der Waals surface area contributed by atoms with E-state index in [4.69, 9.17) is 28.9 Å². The van der Waals surface area contributed by atoms with Gasteiger partial charge in [-0.05, 0) is 23.8 Å². The predicted octanol–water partition coefficient (Wildman–Crippen LogP) is 2.09. The zero-order valence-corrected chi connectivity index (χ0v) is 9.91. The van der Waals surface area contributed by atoms with Crippen molar-refractivity contribution in [3.05, 3.63) is 46.0 Å². The van der Waals surface area contributed by atoms with Crippen LogP contribution in [0, 0.1) is 0 Å². The van der Waals surface area contributed by atoms with Crippen LogP contribution in [0.25, 0.3) is 0 Å². The molecule has 0 saturated carbocycles. The molecule has 4 nitrogen and oxygen atoms in total. The molecule has 0 aliphatic carbocycles. The molecule has 0 atom stereocenters. The monoisotopic (exact) mass is 256 g/mol. The third kappa shape index (κ3) is 2.35. The van der Waals surface area contributed by atoms with Crippen molar-refractivity contribution in [2.75, 3.05) is 0 Å². The minimum atomic E-state index is 0.345. The van der Waals surface area contributed by atoms with Crippen molar-refractivity contribution >= 4 is 23.2 Å². The lowest BCUT2D eigenvalue weighted by molar-refractivity contribution is 0.639. The summed E-state index contributed by atoms with van der Waals surface area (Å²) in [6.07, 6.45) is 1.47. The molecule has 0 amide bonds. The number of nitrogens with two attached hydrogens (primary N) is 1. The second-order valence-corrected chi connectivity index (χ2v) is 4.12. The van der Waals surface area contributed by atoms with Gasteiger partial charge in [-0.2, -0.15) is 5.10 Å². The van der Waals surface area contributed by atoms with Crippen molar-refractivity contribution in [3.8, 4) is 0 Å². The lowest BCUT2D eigenvalue weighted by atomic mass is 10.2. The van der Waals surface area contributed by atoms with Crippen molar-refractivity contribution in [1.29, 1.82) is 0 Å². The van der Waals surface area contributed by atoms with Crippen LogP contribution in [0.15, 0.2) is 24.5 Å². The standard InChI is InChI=1S/C10H10Cl2N4/c11-8-1-2-9(12)7(3-8)5-16-10(4-13)14-6-15-16/h1-3,6H,4-5,13H2. The first-order valence-corrected chi connectivity index (χ1v) is 5.47. The first kappa shape index (κ1) is 11.4. The van der Waals surface area contributed by atoms with Gasteiger partial charge in [-0.25, -0.2) is 9.67 Å². The number of hydrogen-bond donors (Lipinski definition) is 1. The molecule has 1 heterocycles. The Labute approximate surface area is 103 Å². The first-order valence-electron chi connectivity index (χ1n) is 4.71. The van der Waals surface area contributed by atoms with Crippen molar-refractivity contribution < 1.29 is 0 Å². The van der Waals surface area contributed by atoms with Crippen molar-refractivity contribution in [3.63, 3.8) is 0 Å². The van der Waals surface area contributed by atoms with Gasteiger partial charge in [0.05, 0.1) is 13.1 Å². The van der Waals surface area contributed by atoms with Gasteiger partial charge in [0.25, 0.3) is 0 Å². The topological polar surface area (TPSA) is 56.7 Å². The van der Waals surface area contributed by atoms with E-state index in [-0.39, 0.29) is 0 Å². The van der Waals surface area contributed by atoms with E-state index in [2.05, 4.69) is 10.1 Å². The van der Waals surface area contributed by atoms with Crippen molar-refractivity contribution in [1.82, 2.24) is 14.8 Å². The highest BCUT2D eigenvalue weighted by Gasteiger charge is 2.06. The van der Waals surface area contributed by atoms with E-state index in [1.54, 1.807) is 16.8 Å². The predicted molar refractivity (Wildman–Crippen MR) is 63.5 cm³/mol. The van der Waals surface area contributed by atoms with Gasteiger partial charge in [-0.1, -0.05) is 23.2 Å². The molecule has 0 radical (unpaired) electrons. The van der Waals surface area contributed by atoms with Gasteiger partial charge >= 0.3 is 0 Å². The average Bonchev–Trinajstić information content (AvgIpc) is 2.71. The molecule has 0 saturated heterocycles. The average molecular weight is 257 g/mol. The summed E-state index contributed by atoms with van der Waals surface area (Å²) in [5.41, 5.74) is 6.43. The molecule has 0 unspecified atom stereocenters. The van der Waals surface area contributed by atoms with E-state index < -0.39 is 0 Å². The number of benzene rings is 1. The van der Waals surface area contributed by atoms with Crippen molar-refractivity contribution in [2.24, 2.45) is 5.73 Å². The summed E-state index contributed by atoms with van der Waals surface area (Å²) in [6.45, 7) is 0.865. The number of aromatic nitrogens is 3. The van der Waals surface area contributed by atoms with E-state index in [1.165, 1.54) is 6.33 Å². The molecule has 0 bridgehead atoms. The molecule has 0 aliphatic heterocycles. The van der Waals surface area contributed by atoms with E-state index in [0.29, 0.717) is 23.1 Å². The Hall–Kier alpha value is -1.10. The number of halogens is 2. The summed E-state index contributed by atoms with van der Waals surface area (Å²) in [5.74, 6) is 0.719. The Morgan fingerprint density at radius 3 is 2.88 bits per heavy atom. The SMILES string of the molecule is NCc1ncnn1Cc1cc(Cl)ccc1Cl. The van der Waals surface area contributed by atoms with Gasteiger partial charge in [0.1, 0.15) is 12.2 Å². The summed E-state index contributed by atoms with van der Waals surface area (Å²) in [6, 6.07) is 5.32. The third-order valence-corrected chi connectivity index (χ3v) is 2.81. The molecular formula is C10H10Cl2N4. The number of rotatable bonds is 3. The van der Waals surface area contributed by atoms with Crippen LogP contribution in [-0.4, -0.2) is 14.8 Å². The van der Waals surface area contributed by atoms with Gasteiger partial charge in [0.15, 0.2) is 0 Å². The smallest absolute Gasteiger partial charge is 0.140 e. The molecule has 84 valence electrons. The zero-order chi connectivity index (χ0) is 11.5. The van der Waals surface area contributed by atoms with Crippen LogP contribution in [0.3, 0.4) is 0 Å². The lowest BCUT2D eigenvalue weighted by Gasteiger charge is -2.07. The van der Waals surface area contributed by atoms with Gasteiger partial charge in [-0.15, -0.1) is 0 Å². The molecule has 2 aromatic rings. The Balaban J connectivity index is 2.30. The molecular weight excluding hydrogens is 247 g/mol. The summed E-state index contributed by atoms with van der Waals surface area (Å²) < 4.78 is 1.71. The summed E-state index contributed by atoms with van der Waals surface area (Å²) in [4.78, 5) is 4.03. The summed E-state index contributed by atoms with van der Waals surface area (Å²) in [7, 11) is 0. The second kappa shape index (κ2) is 4.82. The van der Waals surface area contributed by atoms with Gasteiger partial charge in [0.2, 0.25) is 0 Å². The maximum atomic E-state index is 6.06. The molecule has 16 heavy (non-hydrogen) atoms.